The Morgan fingerprint density at radius 2 is 2.56 bits per heavy atom. The Labute approximate surface area is 56.2 Å². The summed E-state index contributed by atoms with van der Waals surface area (Å²) in [6.45, 7) is 5.88. The SMILES string of the molecule is C=CC1CC=C(N)C1C. The quantitative estimate of drug-likeness (QED) is 0.527. The molecule has 0 aromatic heterocycles. The summed E-state index contributed by atoms with van der Waals surface area (Å²) in [5.74, 6) is 1.10. The fraction of sp³-hybridized carbons (Fsp3) is 0.500. The largest absolute Gasteiger partial charge is 0.402 e. The van der Waals surface area contributed by atoms with Crippen LogP contribution in [0.15, 0.2) is 24.4 Å². The van der Waals surface area contributed by atoms with Crippen molar-refractivity contribution in [3.05, 3.63) is 24.4 Å². The van der Waals surface area contributed by atoms with E-state index in [-0.39, 0.29) is 0 Å². The van der Waals surface area contributed by atoms with Gasteiger partial charge in [0.2, 0.25) is 0 Å². The zero-order valence-corrected chi connectivity index (χ0v) is 5.80. The average Bonchev–Trinajstić information content (AvgIpc) is 2.15. The maximum atomic E-state index is 5.66. The molecule has 2 atom stereocenters. The first-order valence-corrected chi connectivity index (χ1v) is 3.33. The molecule has 0 spiro atoms. The Hall–Kier alpha value is -0.720. The summed E-state index contributed by atoms with van der Waals surface area (Å²) >= 11 is 0. The summed E-state index contributed by atoms with van der Waals surface area (Å²) in [5, 5.41) is 0. The first kappa shape index (κ1) is 6.40. The van der Waals surface area contributed by atoms with Crippen molar-refractivity contribution < 1.29 is 0 Å². The lowest BCUT2D eigenvalue weighted by Gasteiger charge is -2.10. The average molecular weight is 123 g/mol. The van der Waals surface area contributed by atoms with Crippen molar-refractivity contribution in [2.75, 3.05) is 0 Å². The topological polar surface area (TPSA) is 26.0 Å². The van der Waals surface area contributed by atoms with Gasteiger partial charge in [-0.3, -0.25) is 0 Å². The lowest BCUT2D eigenvalue weighted by atomic mass is 9.96. The summed E-state index contributed by atoms with van der Waals surface area (Å²) < 4.78 is 0. The first-order valence-electron chi connectivity index (χ1n) is 3.33. The van der Waals surface area contributed by atoms with E-state index >= 15 is 0 Å². The Bertz CT molecular complexity index is 147. The third-order valence-electron chi connectivity index (χ3n) is 2.10. The van der Waals surface area contributed by atoms with Gasteiger partial charge in [0.15, 0.2) is 0 Å². The molecule has 2 unspecified atom stereocenters. The number of nitrogens with two attached hydrogens (primary N) is 1. The van der Waals surface area contributed by atoms with E-state index in [4.69, 9.17) is 5.73 Å². The highest BCUT2D eigenvalue weighted by Gasteiger charge is 2.20. The second kappa shape index (κ2) is 2.26. The van der Waals surface area contributed by atoms with Crippen LogP contribution in [0.3, 0.4) is 0 Å². The van der Waals surface area contributed by atoms with Crippen molar-refractivity contribution >= 4 is 0 Å². The van der Waals surface area contributed by atoms with Gasteiger partial charge in [0.25, 0.3) is 0 Å². The molecular formula is C8H13N. The molecule has 0 aromatic rings. The van der Waals surface area contributed by atoms with Gasteiger partial charge in [-0.15, -0.1) is 6.58 Å². The molecule has 2 N–H and O–H groups in total. The zero-order chi connectivity index (χ0) is 6.85. The van der Waals surface area contributed by atoms with Gasteiger partial charge in [0.1, 0.15) is 0 Å². The van der Waals surface area contributed by atoms with Gasteiger partial charge in [0, 0.05) is 11.6 Å². The minimum atomic E-state index is 0.516. The molecule has 1 aliphatic rings. The van der Waals surface area contributed by atoms with Gasteiger partial charge < -0.3 is 5.73 Å². The highest BCUT2D eigenvalue weighted by atomic mass is 14.6. The maximum absolute atomic E-state index is 5.66. The Kier molecular flexibility index (Phi) is 1.60. The van der Waals surface area contributed by atoms with Crippen LogP contribution in [-0.2, 0) is 0 Å². The molecule has 0 radical (unpaired) electrons. The first-order chi connectivity index (χ1) is 4.25. The number of hydrogen-bond donors (Lipinski definition) is 1. The molecule has 50 valence electrons. The molecule has 0 aromatic carbocycles. The molecule has 1 heteroatoms. The van der Waals surface area contributed by atoms with Crippen LogP contribution in [-0.4, -0.2) is 0 Å². The third kappa shape index (κ3) is 0.995. The summed E-state index contributed by atoms with van der Waals surface area (Å²) in [5.41, 5.74) is 6.69. The molecule has 1 rings (SSSR count). The van der Waals surface area contributed by atoms with Crippen LogP contribution in [0.5, 0.6) is 0 Å². The van der Waals surface area contributed by atoms with Crippen LogP contribution in [0.4, 0.5) is 0 Å². The standard InChI is InChI=1S/C8H13N/c1-3-7-4-5-8(9)6(7)2/h3,5-7H,1,4,9H2,2H3. The van der Waals surface area contributed by atoms with Crippen LogP contribution < -0.4 is 5.73 Å². The van der Waals surface area contributed by atoms with Gasteiger partial charge >= 0.3 is 0 Å². The van der Waals surface area contributed by atoms with Crippen LogP contribution in [0.2, 0.25) is 0 Å². The van der Waals surface area contributed by atoms with Crippen molar-refractivity contribution in [1.82, 2.24) is 0 Å². The monoisotopic (exact) mass is 123 g/mol. The van der Waals surface area contributed by atoms with Crippen molar-refractivity contribution in [2.45, 2.75) is 13.3 Å². The second-order valence-corrected chi connectivity index (χ2v) is 2.63. The maximum Gasteiger partial charge on any atom is 0.00749 e. The fourth-order valence-corrected chi connectivity index (χ4v) is 1.21. The summed E-state index contributed by atoms with van der Waals surface area (Å²) in [4.78, 5) is 0. The minimum Gasteiger partial charge on any atom is -0.402 e. The molecule has 0 aliphatic heterocycles. The molecule has 0 bridgehead atoms. The molecule has 1 nitrogen and oxygen atoms in total. The molecule has 9 heavy (non-hydrogen) atoms. The van der Waals surface area contributed by atoms with E-state index in [9.17, 15) is 0 Å². The van der Waals surface area contributed by atoms with Crippen LogP contribution in [0.1, 0.15) is 13.3 Å². The fourth-order valence-electron chi connectivity index (χ4n) is 1.21. The van der Waals surface area contributed by atoms with Gasteiger partial charge in [-0.2, -0.15) is 0 Å². The van der Waals surface area contributed by atoms with Crippen LogP contribution in [0.25, 0.3) is 0 Å². The number of hydrogen-bond acceptors (Lipinski definition) is 1. The Morgan fingerprint density at radius 1 is 1.89 bits per heavy atom. The lowest BCUT2D eigenvalue weighted by molar-refractivity contribution is 0.532. The van der Waals surface area contributed by atoms with E-state index in [1.165, 1.54) is 0 Å². The molecule has 0 saturated heterocycles. The van der Waals surface area contributed by atoms with E-state index in [0.29, 0.717) is 11.8 Å². The molecule has 0 fully saturated rings. The van der Waals surface area contributed by atoms with Gasteiger partial charge in [0.05, 0.1) is 0 Å². The van der Waals surface area contributed by atoms with E-state index in [1.54, 1.807) is 0 Å². The molecular weight excluding hydrogens is 110 g/mol. The highest BCUT2D eigenvalue weighted by Crippen LogP contribution is 2.28. The predicted octanol–water partition coefficient (Wildman–Crippen LogP) is 1.67. The Morgan fingerprint density at radius 3 is 2.78 bits per heavy atom. The lowest BCUT2D eigenvalue weighted by Crippen LogP contribution is -2.09. The van der Waals surface area contributed by atoms with Crippen molar-refractivity contribution in [1.29, 1.82) is 0 Å². The van der Waals surface area contributed by atoms with E-state index < -0.39 is 0 Å². The van der Waals surface area contributed by atoms with Crippen molar-refractivity contribution in [2.24, 2.45) is 17.6 Å². The minimum absolute atomic E-state index is 0.516. The molecule has 0 amide bonds. The number of rotatable bonds is 1. The van der Waals surface area contributed by atoms with E-state index in [1.807, 2.05) is 6.08 Å². The summed E-state index contributed by atoms with van der Waals surface area (Å²) in [6.07, 6.45) is 5.16. The smallest absolute Gasteiger partial charge is 0.00749 e. The third-order valence-corrected chi connectivity index (χ3v) is 2.10. The zero-order valence-electron chi connectivity index (χ0n) is 5.80. The highest BCUT2D eigenvalue weighted by molar-refractivity contribution is 5.13. The molecule has 1 aliphatic carbocycles. The molecule has 0 heterocycles. The van der Waals surface area contributed by atoms with E-state index in [2.05, 4.69) is 19.6 Å². The molecule has 0 saturated carbocycles. The summed E-state index contributed by atoms with van der Waals surface area (Å²) in [6, 6.07) is 0. The van der Waals surface area contributed by atoms with Gasteiger partial charge in [-0.1, -0.05) is 19.1 Å². The van der Waals surface area contributed by atoms with E-state index in [0.717, 1.165) is 12.1 Å². The van der Waals surface area contributed by atoms with Crippen molar-refractivity contribution in [3.63, 3.8) is 0 Å². The Balaban J connectivity index is 2.61. The van der Waals surface area contributed by atoms with Crippen molar-refractivity contribution in [3.8, 4) is 0 Å². The van der Waals surface area contributed by atoms with Gasteiger partial charge in [-0.25, -0.2) is 0 Å². The van der Waals surface area contributed by atoms with Gasteiger partial charge in [-0.05, 0) is 12.3 Å². The predicted molar refractivity (Wildman–Crippen MR) is 39.7 cm³/mol. The second-order valence-electron chi connectivity index (χ2n) is 2.63. The number of allylic oxidation sites excluding steroid dienone is 3. The van der Waals surface area contributed by atoms with Crippen LogP contribution >= 0.6 is 0 Å². The summed E-state index contributed by atoms with van der Waals surface area (Å²) in [7, 11) is 0. The normalized spacial score (nSPS) is 34.1. The van der Waals surface area contributed by atoms with Crippen LogP contribution in [0, 0.1) is 11.8 Å².